The Labute approximate surface area is 130 Å². The van der Waals surface area contributed by atoms with E-state index in [2.05, 4.69) is 31.2 Å². The molecule has 1 heterocycles. The van der Waals surface area contributed by atoms with Gasteiger partial charge in [-0.05, 0) is 43.3 Å². The fourth-order valence-corrected chi connectivity index (χ4v) is 2.08. The minimum atomic E-state index is -0.371. The highest BCUT2D eigenvalue weighted by Crippen LogP contribution is 2.09. The van der Waals surface area contributed by atoms with Gasteiger partial charge in [0.05, 0.1) is 12.3 Å². The van der Waals surface area contributed by atoms with Crippen molar-refractivity contribution in [1.29, 1.82) is 0 Å². The average Bonchev–Trinajstić information content (AvgIpc) is 2.76. The van der Waals surface area contributed by atoms with Crippen LogP contribution in [-0.4, -0.2) is 32.3 Å². The summed E-state index contributed by atoms with van der Waals surface area (Å²) in [6.07, 6.45) is 2.59. The lowest BCUT2D eigenvalue weighted by Gasteiger charge is -2.03. The third-order valence-corrected chi connectivity index (χ3v) is 3.49. The number of aromatic amines is 1. The largest absolute Gasteiger partial charge is 0.393 e. The van der Waals surface area contributed by atoms with E-state index in [-0.39, 0.29) is 6.10 Å². The van der Waals surface area contributed by atoms with E-state index in [0.29, 0.717) is 23.4 Å². The first-order valence-corrected chi connectivity index (χ1v) is 7.40. The first kappa shape index (κ1) is 15.1. The predicted molar refractivity (Wildman–Crippen MR) is 84.5 cm³/mol. The maximum atomic E-state index is 9.33. The summed E-state index contributed by atoms with van der Waals surface area (Å²) in [6.45, 7) is 1.75. The number of hydrogen-bond donors (Lipinski definition) is 2. The van der Waals surface area contributed by atoms with Crippen LogP contribution in [0.1, 0.15) is 24.7 Å². The number of rotatable bonds is 5. The fraction of sp³-hybridized carbons (Fsp3) is 0.308. The van der Waals surface area contributed by atoms with Gasteiger partial charge >= 0.3 is 0 Å². The summed E-state index contributed by atoms with van der Waals surface area (Å²) >= 11 is 8.54. The van der Waals surface area contributed by atoms with Gasteiger partial charge in [0.15, 0.2) is 5.82 Å². The molecule has 0 bridgehead atoms. The fourth-order valence-electron chi connectivity index (χ4n) is 1.62. The molecule has 2 aromatic rings. The Bertz CT molecular complexity index is 645. The molecule has 1 aromatic heterocycles. The van der Waals surface area contributed by atoms with Crippen molar-refractivity contribution in [2.75, 3.05) is 0 Å². The molecule has 20 heavy (non-hydrogen) atoms. The maximum absolute atomic E-state index is 9.33. The number of nitrogens with one attached hydrogen (secondary N) is 1. The molecule has 0 saturated heterocycles. The number of H-pyrrole nitrogens is 1. The van der Waals surface area contributed by atoms with Crippen LogP contribution in [0.5, 0.6) is 0 Å². The van der Waals surface area contributed by atoms with E-state index in [4.69, 9.17) is 12.2 Å². The normalized spacial score (nSPS) is 12.9. The van der Waals surface area contributed by atoms with Crippen LogP contribution in [0.4, 0.5) is 0 Å². The van der Waals surface area contributed by atoms with E-state index < -0.39 is 0 Å². The number of halogens is 1. The molecular weight excluding hydrogens is 340 g/mol. The highest BCUT2D eigenvalue weighted by atomic mass is 79.9. The second-order valence-electron chi connectivity index (χ2n) is 4.44. The van der Waals surface area contributed by atoms with Crippen LogP contribution in [0.2, 0.25) is 0 Å². The number of nitrogens with zero attached hydrogens (tertiary/aromatic N) is 3. The van der Waals surface area contributed by atoms with Crippen LogP contribution in [0.3, 0.4) is 0 Å². The van der Waals surface area contributed by atoms with Gasteiger partial charge in [0.1, 0.15) is 0 Å². The van der Waals surface area contributed by atoms with Crippen molar-refractivity contribution in [1.82, 2.24) is 14.9 Å². The Morgan fingerprint density at radius 1 is 1.50 bits per heavy atom. The van der Waals surface area contributed by atoms with Gasteiger partial charge in [0.25, 0.3) is 0 Å². The molecule has 1 aromatic carbocycles. The first-order valence-electron chi connectivity index (χ1n) is 6.20. The number of hydrogen-bond acceptors (Lipinski definition) is 4. The summed E-state index contributed by atoms with van der Waals surface area (Å²) in [5.41, 5.74) is 0.970. The van der Waals surface area contributed by atoms with E-state index in [1.54, 1.807) is 17.8 Å². The summed E-state index contributed by atoms with van der Waals surface area (Å²) in [4.78, 5) is 0. The van der Waals surface area contributed by atoms with Gasteiger partial charge in [-0.2, -0.15) is 14.9 Å². The Morgan fingerprint density at radius 3 is 2.85 bits per heavy atom. The third-order valence-electron chi connectivity index (χ3n) is 2.70. The van der Waals surface area contributed by atoms with Gasteiger partial charge in [0, 0.05) is 10.9 Å². The van der Waals surface area contributed by atoms with Crippen molar-refractivity contribution in [3.63, 3.8) is 0 Å². The second-order valence-corrected chi connectivity index (χ2v) is 5.74. The highest BCUT2D eigenvalue weighted by molar-refractivity contribution is 9.10. The number of aryl methyl sites for hydroxylation is 1. The quantitative estimate of drug-likeness (QED) is 0.640. The topological polar surface area (TPSA) is 66.2 Å². The van der Waals surface area contributed by atoms with Crippen molar-refractivity contribution in [2.45, 2.75) is 25.9 Å². The number of aromatic nitrogens is 3. The standard InChI is InChI=1S/C13H15BrN4OS/c1-9(19)2-7-12-16-17-13(20)18(12)15-8-10-3-5-11(14)6-4-10/h3-6,8-9,19H,2,7H2,1H3,(H,17,20)/b15-8+. The lowest BCUT2D eigenvalue weighted by Crippen LogP contribution is -2.05. The minimum Gasteiger partial charge on any atom is -0.393 e. The molecule has 0 spiro atoms. The molecule has 106 valence electrons. The van der Waals surface area contributed by atoms with Gasteiger partial charge < -0.3 is 5.11 Å². The molecule has 0 radical (unpaired) electrons. The molecule has 0 aliphatic heterocycles. The molecule has 2 N–H and O–H groups in total. The first-order chi connectivity index (χ1) is 9.56. The van der Waals surface area contributed by atoms with Gasteiger partial charge in [-0.25, -0.2) is 0 Å². The lowest BCUT2D eigenvalue weighted by atomic mass is 10.2. The molecule has 0 fully saturated rings. The Morgan fingerprint density at radius 2 is 2.20 bits per heavy atom. The van der Waals surface area contributed by atoms with Crippen LogP contribution >= 0.6 is 28.1 Å². The van der Waals surface area contributed by atoms with Gasteiger partial charge in [-0.3, -0.25) is 5.10 Å². The molecule has 7 heteroatoms. The molecule has 1 unspecified atom stereocenters. The Balaban J connectivity index is 2.18. The number of aliphatic hydroxyl groups excluding tert-OH is 1. The zero-order valence-corrected chi connectivity index (χ0v) is 13.4. The molecule has 2 rings (SSSR count). The van der Waals surface area contributed by atoms with E-state index in [0.717, 1.165) is 10.0 Å². The molecule has 0 aliphatic carbocycles. The highest BCUT2D eigenvalue weighted by Gasteiger charge is 2.06. The monoisotopic (exact) mass is 354 g/mol. The van der Waals surface area contributed by atoms with Crippen LogP contribution in [0.25, 0.3) is 0 Å². The smallest absolute Gasteiger partial charge is 0.216 e. The summed E-state index contributed by atoms with van der Waals surface area (Å²) < 4.78 is 3.05. The van der Waals surface area contributed by atoms with Crippen LogP contribution in [-0.2, 0) is 6.42 Å². The van der Waals surface area contributed by atoms with Crippen molar-refractivity contribution in [3.8, 4) is 0 Å². The minimum absolute atomic E-state index is 0.371. The molecule has 0 amide bonds. The maximum Gasteiger partial charge on any atom is 0.216 e. The van der Waals surface area contributed by atoms with E-state index in [9.17, 15) is 5.11 Å². The average molecular weight is 355 g/mol. The van der Waals surface area contributed by atoms with Gasteiger partial charge in [-0.1, -0.05) is 28.1 Å². The van der Waals surface area contributed by atoms with Crippen molar-refractivity contribution >= 4 is 34.4 Å². The van der Waals surface area contributed by atoms with Crippen LogP contribution in [0.15, 0.2) is 33.8 Å². The zero-order chi connectivity index (χ0) is 14.5. The van der Waals surface area contributed by atoms with Crippen molar-refractivity contribution in [2.24, 2.45) is 5.10 Å². The van der Waals surface area contributed by atoms with Gasteiger partial charge in [0.2, 0.25) is 4.77 Å². The number of aliphatic hydroxyl groups is 1. The van der Waals surface area contributed by atoms with E-state index >= 15 is 0 Å². The lowest BCUT2D eigenvalue weighted by molar-refractivity contribution is 0.184. The van der Waals surface area contributed by atoms with E-state index in [1.165, 1.54) is 0 Å². The summed E-state index contributed by atoms with van der Waals surface area (Å²) in [5, 5.41) is 20.5. The van der Waals surface area contributed by atoms with Crippen molar-refractivity contribution < 1.29 is 5.11 Å². The molecule has 5 nitrogen and oxygen atoms in total. The van der Waals surface area contributed by atoms with Gasteiger partial charge in [-0.15, -0.1) is 0 Å². The SMILES string of the molecule is CC(O)CCc1n[nH]c(=S)n1/N=C/c1ccc(Br)cc1. The van der Waals surface area contributed by atoms with Crippen LogP contribution < -0.4 is 0 Å². The zero-order valence-electron chi connectivity index (χ0n) is 11.0. The summed E-state index contributed by atoms with van der Waals surface area (Å²) in [7, 11) is 0. The number of benzene rings is 1. The van der Waals surface area contributed by atoms with E-state index in [1.807, 2.05) is 24.3 Å². The Kier molecular flexibility index (Phi) is 5.22. The Hall–Kier alpha value is -1.31. The third kappa shape index (κ3) is 4.09. The molecule has 0 saturated carbocycles. The second kappa shape index (κ2) is 6.92. The van der Waals surface area contributed by atoms with Crippen molar-refractivity contribution in [3.05, 3.63) is 44.9 Å². The predicted octanol–water partition coefficient (Wildman–Crippen LogP) is 2.90. The molecular formula is C13H15BrN4OS. The summed E-state index contributed by atoms with van der Waals surface area (Å²) in [6, 6.07) is 7.80. The molecule has 0 aliphatic rings. The van der Waals surface area contributed by atoms with Crippen LogP contribution in [0, 0.1) is 4.77 Å². The molecule has 1 atom stereocenters. The summed E-state index contributed by atoms with van der Waals surface area (Å²) in [5.74, 6) is 0.712.